The molecule has 154 valence electrons. The molecule has 0 aliphatic heterocycles. The molecule has 0 saturated carbocycles. The maximum atomic E-state index is 13.1. The number of unbranched alkanes of at least 4 members (excludes halogenated alkanes) is 3. The van der Waals surface area contributed by atoms with Crippen LogP contribution in [0.4, 0.5) is 0 Å². The number of carbonyl (C=O) groups is 1. The number of hydrogen-bond donors (Lipinski definition) is 2. The minimum absolute atomic E-state index is 0.159. The topological polar surface area (TPSA) is 74.6 Å². The molecule has 0 spiro atoms. The molecule has 0 saturated heterocycles. The number of hydrogen-bond acceptors (Lipinski definition) is 4. The Morgan fingerprint density at radius 2 is 1.82 bits per heavy atom. The van der Waals surface area contributed by atoms with E-state index in [0.29, 0.717) is 30.5 Å². The molecular formula is C22H33N3O3. The van der Waals surface area contributed by atoms with Crippen molar-refractivity contribution in [1.82, 2.24) is 14.8 Å². The fourth-order valence-electron chi connectivity index (χ4n) is 3.47. The van der Waals surface area contributed by atoms with E-state index in [0.717, 1.165) is 38.8 Å². The fraction of sp³-hybridized carbons (Fsp3) is 0.545. The predicted octanol–water partition coefficient (Wildman–Crippen LogP) is 3.36. The van der Waals surface area contributed by atoms with Gasteiger partial charge in [0.25, 0.3) is 11.5 Å². The van der Waals surface area contributed by atoms with Crippen LogP contribution in [0.2, 0.25) is 0 Å². The average Bonchev–Trinajstić information content (AvgIpc) is 2.70. The Kier molecular flexibility index (Phi) is 8.51. The number of likely N-dealkylation sites (N-methyl/N-ethyl adjacent to an activating group) is 1. The molecule has 6 nitrogen and oxygen atoms in total. The number of nitrogens with one attached hydrogen (secondary N) is 1. The maximum absolute atomic E-state index is 13.1. The van der Waals surface area contributed by atoms with Gasteiger partial charge in [-0.05, 0) is 31.6 Å². The Hall–Kier alpha value is -2.34. The molecule has 2 N–H and O–H groups in total. The Morgan fingerprint density at radius 1 is 1.11 bits per heavy atom. The lowest BCUT2D eigenvalue weighted by atomic mass is 10.1. The van der Waals surface area contributed by atoms with Gasteiger partial charge in [0.2, 0.25) is 0 Å². The number of aromatic hydroxyl groups is 1. The van der Waals surface area contributed by atoms with Crippen LogP contribution in [-0.2, 0) is 6.54 Å². The molecule has 0 aliphatic carbocycles. The first-order chi connectivity index (χ1) is 13.5. The summed E-state index contributed by atoms with van der Waals surface area (Å²) in [6, 6.07) is 7.21. The van der Waals surface area contributed by atoms with E-state index in [1.165, 1.54) is 0 Å². The number of fused-ring (bicyclic) bond motifs is 1. The second-order valence-electron chi connectivity index (χ2n) is 7.04. The number of para-hydroxylation sites is 1. The van der Waals surface area contributed by atoms with Gasteiger partial charge in [-0.2, -0.15) is 0 Å². The summed E-state index contributed by atoms with van der Waals surface area (Å²) >= 11 is 0. The lowest BCUT2D eigenvalue weighted by Gasteiger charge is -2.18. The quantitative estimate of drug-likeness (QED) is 0.580. The van der Waals surface area contributed by atoms with Gasteiger partial charge in [-0.15, -0.1) is 0 Å². The van der Waals surface area contributed by atoms with Crippen LogP contribution in [0, 0.1) is 0 Å². The summed E-state index contributed by atoms with van der Waals surface area (Å²) in [6.45, 7) is 9.76. The van der Waals surface area contributed by atoms with E-state index in [1.807, 2.05) is 12.1 Å². The number of benzene rings is 1. The van der Waals surface area contributed by atoms with Crippen LogP contribution in [-0.4, -0.2) is 46.7 Å². The van der Waals surface area contributed by atoms with Crippen molar-refractivity contribution in [3.63, 3.8) is 0 Å². The van der Waals surface area contributed by atoms with Crippen LogP contribution in [0.1, 0.15) is 56.8 Å². The first-order valence-corrected chi connectivity index (χ1v) is 10.4. The highest BCUT2D eigenvalue weighted by Gasteiger charge is 2.21. The van der Waals surface area contributed by atoms with Crippen molar-refractivity contribution in [2.24, 2.45) is 0 Å². The molecule has 0 radical (unpaired) electrons. The Bertz CT molecular complexity index is 841. The zero-order valence-electron chi connectivity index (χ0n) is 17.3. The second-order valence-corrected chi connectivity index (χ2v) is 7.04. The molecule has 2 aromatic rings. The van der Waals surface area contributed by atoms with Gasteiger partial charge in [-0.25, -0.2) is 0 Å². The van der Waals surface area contributed by atoms with Crippen LogP contribution in [0.3, 0.4) is 0 Å². The lowest BCUT2D eigenvalue weighted by molar-refractivity contribution is 0.0944. The molecule has 0 aliphatic rings. The van der Waals surface area contributed by atoms with E-state index in [-0.39, 0.29) is 11.3 Å². The zero-order valence-corrected chi connectivity index (χ0v) is 17.3. The summed E-state index contributed by atoms with van der Waals surface area (Å²) in [5.74, 6) is -0.742. The standard InChI is InChI=1S/C22H33N3O3/c1-4-7-8-11-15-25-18-13-10-9-12-17(18)20(26)19(22(25)28)21(27)23-14-16-24(5-2)6-3/h9-10,12-13,26H,4-8,11,14-16H2,1-3H3,(H,23,27). The van der Waals surface area contributed by atoms with Gasteiger partial charge >= 0.3 is 0 Å². The van der Waals surface area contributed by atoms with E-state index < -0.39 is 11.5 Å². The molecule has 1 aromatic carbocycles. The van der Waals surface area contributed by atoms with E-state index >= 15 is 0 Å². The molecular weight excluding hydrogens is 354 g/mol. The molecule has 0 fully saturated rings. The lowest BCUT2D eigenvalue weighted by Crippen LogP contribution is -2.38. The number of aromatic nitrogens is 1. The van der Waals surface area contributed by atoms with Gasteiger partial charge in [0.05, 0.1) is 5.52 Å². The van der Waals surface area contributed by atoms with Crippen molar-refractivity contribution in [3.05, 3.63) is 40.2 Å². The summed E-state index contributed by atoms with van der Waals surface area (Å²) < 4.78 is 1.63. The van der Waals surface area contributed by atoms with Crippen LogP contribution < -0.4 is 10.9 Å². The summed E-state index contributed by atoms with van der Waals surface area (Å²) in [4.78, 5) is 28.0. The van der Waals surface area contributed by atoms with E-state index in [2.05, 4.69) is 31.0 Å². The highest BCUT2D eigenvalue weighted by atomic mass is 16.3. The average molecular weight is 388 g/mol. The van der Waals surface area contributed by atoms with Crippen molar-refractivity contribution < 1.29 is 9.90 Å². The third-order valence-corrected chi connectivity index (χ3v) is 5.22. The van der Waals surface area contributed by atoms with Crippen LogP contribution in [0.15, 0.2) is 29.1 Å². The van der Waals surface area contributed by atoms with Crippen LogP contribution >= 0.6 is 0 Å². The van der Waals surface area contributed by atoms with Crippen molar-refractivity contribution in [3.8, 4) is 5.75 Å². The number of nitrogens with zero attached hydrogens (tertiary/aromatic N) is 2. The van der Waals surface area contributed by atoms with Crippen molar-refractivity contribution in [2.45, 2.75) is 53.0 Å². The monoisotopic (exact) mass is 387 g/mol. The van der Waals surface area contributed by atoms with Gasteiger partial charge in [-0.1, -0.05) is 52.2 Å². The second kappa shape index (κ2) is 10.9. The highest BCUT2D eigenvalue weighted by Crippen LogP contribution is 2.26. The molecule has 1 aromatic heterocycles. The summed E-state index contributed by atoms with van der Waals surface area (Å²) in [5.41, 5.74) is 0.0861. The molecule has 0 atom stereocenters. The smallest absolute Gasteiger partial charge is 0.267 e. The number of pyridine rings is 1. The molecule has 1 amide bonds. The number of rotatable bonds is 11. The minimum atomic E-state index is -0.511. The normalized spacial score (nSPS) is 11.3. The van der Waals surface area contributed by atoms with E-state index in [1.54, 1.807) is 16.7 Å². The van der Waals surface area contributed by atoms with Gasteiger partial charge in [0, 0.05) is 25.0 Å². The molecule has 2 rings (SSSR count). The molecule has 0 bridgehead atoms. The van der Waals surface area contributed by atoms with Crippen LogP contribution in [0.5, 0.6) is 5.75 Å². The highest BCUT2D eigenvalue weighted by molar-refractivity contribution is 6.02. The largest absolute Gasteiger partial charge is 0.506 e. The first-order valence-electron chi connectivity index (χ1n) is 10.4. The van der Waals surface area contributed by atoms with E-state index in [4.69, 9.17) is 0 Å². The van der Waals surface area contributed by atoms with Crippen molar-refractivity contribution in [2.75, 3.05) is 26.2 Å². The third kappa shape index (κ3) is 5.13. The Morgan fingerprint density at radius 3 is 2.50 bits per heavy atom. The number of carbonyl (C=O) groups excluding carboxylic acids is 1. The van der Waals surface area contributed by atoms with Gasteiger partial charge in [-0.3, -0.25) is 9.59 Å². The SMILES string of the molecule is CCCCCCn1c(=O)c(C(=O)NCCN(CC)CC)c(O)c2ccccc21. The van der Waals surface area contributed by atoms with Crippen molar-refractivity contribution in [1.29, 1.82) is 0 Å². The molecule has 0 unspecified atom stereocenters. The first kappa shape index (κ1) is 22.0. The van der Waals surface area contributed by atoms with Gasteiger partial charge in [0.1, 0.15) is 11.3 Å². The summed E-state index contributed by atoms with van der Waals surface area (Å²) in [7, 11) is 0. The molecule has 1 heterocycles. The summed E-state index contributed by atoms with van der Waals surface area (Å²) in [6.07, 6.45) is 4.13. The number of aryl methyl sites for hydroxylation is 1. The third-order valence-electron chi connectivity index (χ3n) is 5.22. The van der Waals surface area contributed by atoms with E-state index in [9.17, 15) is 14.7 Å². The minimum Gasteiger partial charge on any atom is -0.506 e. The number of amides is 1. The molecule has 28 heavy (non-hydrogen) atoms. The molecule has 6 heteroatoms. The van der Waals surface area contributed by atoms with Crippen LogP contribution in [0.25, 0.3) is 10.9 Å². The fourth-order valence-corrected chi connectivity index (χ4v) is 3.47. The summed E-state index contributed by atoms with van der Waals surface area (Å²) in [5, 5.41) is 14.0. The van der Waals surface area contributed by atoms with Crippen molar-refractivity contribution >= 4 is 16.8 Å². The Labute approximate surface area is 167 Å². The Balaban J connectivity index is 2.31. The zero-order chi connectivity index (χ0) is 20.5. The maximum Gasteiger partial charge on any atom is 0.267 e. The van der Waals surface area contributed by atoms with Gasteiger partial charge < -0.3 is 19.9 Å². The van der Waals surface area contributed by atoms with Gasteiger partial charge in [0.15, 0.2) is 0 Å². The predicted molar refractivity (Wildman–Crippen MR) is 114 cm³/mol.